The topological polar surface area (TPSA) is 26.3 Å². The van der Waals surface area contributed by atoms with Crippen LogP contribution in [0.2, 0.25) is 0 Å². The second-order valence-electron chi connectivity index (χ2n) is 5.43. The Kier molecular flexibility index (Phi) is 3.79. The molecule has 1 heterocycles. The second-order valence-corrected chi connectivity index (χ2v) is 6.34. The van der Waals surface area contributed by atoms with Gasteiger partial charge in [0.15, 0.2) is 0 Å². The second kappa shape index (κ2) is 5.57. The molecule has 3 heteroatoms. The van der Waals surface area contributed by atoms with Crippen molar-refractivity contribution in [3.8, 4) is 0 Å². The number of esters is 1. The van der Waals surface area contributed by atoms with Gasteiger partial charge in [0.2, 0.25) is 0 Å². The fourth-order valence-electron chi connectivity index (χ4n) is 2.87. The van der Waals surface area contributed by atoms with Crippen molar-refractivity contribution in [1.29, 1.82) is 0 Å². The van der Waals surface area contributed by atoms with E-state index in [1.165, 1.54) is 5.56 Å². The van der Waals surface area contributed by atoms with E-state index in [2.05, 4.69) is 41.1 Å². The third kappa shape index (κ3) is 2.59. The molecule has 104 valence electrons. The summed E-state index contributed by atoms with van der Waals surface area (Å²) in [6.07, 6.45) is 6.17. The van der Waals surface area contributed by atoms with Gasteiger partial charge in [0.25, 0.3) is 0 Å². The summed E-state index contributed by atoms with van der Waals surface area (Å²) >= 11 is 3.49. The van der Waals surface area contributed by atoms with Crippen molar-refractivity contribution < 1.29 is 9.53 Å². The maximum absolute atomic E-state index is 11.9. The van der Waals surface area contributed by atoms with Gasteiger partial charge in [-0.25, -0.2) is 4.79 Å². The Morgan fingerprint density at radius 1 is 1.25 bits per heavy atom. The predicted octanol–water partition coefficient (Wildman–Crippen LogP) is 4.86. The molecule has 1 atom stereocenters. The van der Waals surface area contributed by atoms with Gasteiger partial charge in [-0.1, -0.05) is 35.0 Å². The number of ether oxygens (including phenoxy) is 1. The van der Waals surface area contributed by atoms with Gasteiger partial charge < -0.3 is 4.74 Å². The van der Waals surface area contributed by atoms with Crippen molar-refractivity contribution in [2.45, 2.75) is 38.5 Å². The fourth-order valence-corrected chi connectivity index (χ4v) is 3.29. The molecule has 0 spiro atoms. The highest BCUT2D eigenvalue weighted by atomic mass is 79.9. The van der Waals surface area contributed by atoms with E-state index >= 15 is 0 Å². The molecule has 0 saturated carbocycles. The van der Waals surface area contributed by atoms with Crippen LogP contribution in [0, 0.1) is 0 Å². The third-order valence-corrected chi connectivity index (χ3v) is 4.48. The van der Waals surface area contributed by atoms with Crippen LogP contribution in [0.4, 0.5) is 0 Å². The quantitative estimate of drug-likeness (QED) is 0.722. The average Bonchev–Trinajstić information content (AvgIpc) is 2.76. The Hall–Kier alpha value is -1.35. The van der Waals surface area contributed by atoms with Crippen LogP contribution in [0.1, 0.15) is 44.1 Å². The molecule has 1 aliphatic heterocycles. The molecule has 0 bridgehead atoms. The SMILES string of the molecule is CC(C=C1OC(=O)C2=C1CCCC2)c1cccc(Br)c1. The lowest BCUT2D eigenvalue weighted by molar-refractivity contribution is -0.133. The monoisotopic (exact) mass is 332 g/mol. The largest absolute Gasteiger partial charge is 0.423 e. The third-order valence-electron chi connectivity index (χ3n) is 3.99. The van der Waals surface area contributed by atoms with E-state index in [0.29, 0.717) is 0 Å². The number of carbonyl (C=O) groups is 1. The zero-order valence-corrected chi connectivity index (χ0v) is 13.1. The van der Waals surface area contributed by atoms with Crippen LogP contribution in [0.15, 0.2) is 51.7 Å². The molecule has 0 aromatic heterocycles. The molecule has 1 aromatic carbocycles. The summed E-state index contributed by atoms with van der Waals surface area (Å²) in [5.41, 5.74) is 3.26. The highest BCUT2D eigenvalue weighted by molar-refractivity contribution is 9.10. The number of carbonyl (C=O) groups excluding carboxylic acids is 1. The standard InChI is InChI=1S/C17H17BrO2/c1-11(12-5-4-6-13(18)10-12)9-16-14-7-2-3-8-15(14)17(19)20-16/h4-6,9-11H,2-3,7-8H2,1H3. The molecule has 0 saturated heterocycles. The van der Waals surface area contributed by atoms with Gasteiger partial charge in [0, 0.05) is 21.5 Å². The van der Waals surface area contributed by atoms with Crippen molar-refractivity contribution in [2.24, 2.45) is 0 Å². The van der Waals surface area contributed by atoms with Crippen LogP contribution in [0.3, 0.4) is 0 Å². The average molecular weight is 333 g/mol. The van der Waals surface area contributed by atoms with Gasteiger partial charge in [-0.2, -0.15) is 0 Å². The van der Waals surface area contributed by atoms with Crippen LogP contribution in [-0.4, -0.2) is 5.97 Å². The zero-order valence-electron chi connectivity index (χ0n) is 11.5. The molecule has 0 radical (unpaired) electrons. The van der Waals surface area contributed by atoms with Crippen LogP contribution >= 0.6 is 15.9 Å². The van der Waals surface area contributed by atoms with Gasteiger partial charge in [0.05, 0.1) is 0 Å². The summed E-state index contributed by atoms with van der Waals surface area (Å²) in [5.74, 6) is 0.883. The van der Waals surface area contributed by atoms with Gasteiger partial charge in [-0.05, 0) is 49.5 Å². The van der Waals surface area contributed by atoms with E-state index in [1.807, 2.05) is 12.1 Å². The minimum Gasteiger partial charge on any atom is -0.423 e. The fraction of sp³-hybridized carbons (Fsp3) is 0.353. The number of allylic oxidation sites excluding steroid dienone is 2. The Balaban J connectivity index is 1.89. The summed E-state index contributed by atoms with van der Waals surface area (Å²) in [6.45, 7) is 2.13. The van der Waals surface area contributed by atoms with E-state index in [9.17, 15) is 4.79 Å². The summed E-state index contributed by atoms with van der Waals surface area (Å²) in [5, 5.41) is 0. The van der Waals surface area contributed by atoms with E-state index in [0.717, 1.165) is 47.1 Å². The minimum absolute atomic E-state index is 0.132. The van der Waals surface area contributed by atoms with Gasteiger partial charge in [-0.15, -0.1) is 0 Å². The van der Waals surface area contributed by atoms with Crippen LogP contribution < -0.4 is 0 Å². The number of halogens is 1. The number of benzene rings is 1. The Morgan fingerprint density at radius 2 is 2.00 bits per heavy atom. The Morgan fingerprint density at radius 3 is 2.75 bits per heavy atom. The van der Waals surface area contributed by atoms with E-state index in [-0.39, 0.29) is 11.9 Å². The number of rotatable bonds is 2. The lowest BCUT2D eigenvalue weighted by Crippen LogP contribution is -2.01. The van der Waals surface area contributed by atoms with Gasteiger partial charge >= 0.3 is 5.97 Å². The molecule has 3 rings (SSSR count). The molecule has 1 aliphatic carbocycles. The maximum Gasteiger partial charge on any atom is 0.339 e. The molecule has 2 nitrogen and oxygen atoms in total. The molecule has 2 aliphatic rings. The highest BCUT2D eigenvalue weighted by Gasteiger charge is 2.31. The normalized spacial score (nSPS) is 21.9. The first-order valence-electron chi connectivity index (χ1n) is 7.07. The molecule has 20 heavy (non-hydrogen) atoms. The zero-order chi connectivity index (χ0) is 14.1. The lowest BCUT2D eigenvalue weighted by atomic mass is 9.90. The molecule has 0 N–H and O–H groups in total. The summed E-state index contributed by atoms with van der Waals surface area (Å²) in [7, 11) is 0. The first-order chi connectivity index (χ1) is 9.65. The van der Waals surface area contributed by atoms with Crippen molar-refractivity contribution in [3.63, 3.8) is 0 Å². The van der Waals surface area contributed by atoms with E-state index in [4.69, 9.17) is 4.74 Å². The Labute approximate surface area is 127 Å². The molecule has 1 aromatic rings. The van der Waals surface area contributed by atoms with E-state index in [1.54, 1.807) is 0 Å². The summed E-state index contributed by atoms with van der Waals surface area (Å²) in [6, 6.07) is 8.25. The number of hydrogen-bond acceptors (Lipinski definition) is 2. The van der Waals surface area contributed by atoms with Crippen molar-refractivity contribution in [2.75, 3.05) is 0 Å². The lowest BCUT2D eigenvalue weighted by Gasteiger charge is -2.12. The number of cyclic esters (lactones) is 1. The van der Waals surface area contributed by atoms with Crippen molar-refractivity contribution in [3.05, 3.63) is 57.3 Å². The van der Waals surface area contributed by atoms with Gasteiger partial charge in [-0.3, -0.25) is 0 Å². The van der Waals surface area contributed by atoms with Crippen LogP contribution in [0.25, 0.3) is 0 Å². The van der Waals surface area contributed by atoms with Crippen LogP contribution in [-0.2, 0) is 9.53 Å². The molecule has 0 amide bonds. The summed E-state index contributed by atoms with van der Waals surface area (Å²) < 4.78 is 6.54. The minimum atomic E-state index is -0.132. The molecule has 0 fully saturated rings. The Bertz CT molecular complexity index is 613. The van der Waals surface area contributed by atoms with Crippen molar-refractivity contribution in [1.82, 2.24) is 0 Å². The van der Waals surface area contributed by atoms with Gasteiger partial charge in [0.1, 0.15) is 5.76 Å². The molecular weight excluding hydrogens is 316 g/mol. The molecule has 1 unspecified atom stereocenters. The maximum atomic E-state index is 11.9. The predicted molar refractivity (Wildman–Crippen MR) is 82.2 cm³/mol. The summed E-state index contributed by atoms with van der Waals surface area (Å²) in [4.78, 5) is 11.9. The highest BCUT2D eigenvalue weighted by Crippen LogP contribution is 2.38. The smallest absolute Gasteiger partial charge is 0.339 e. The first-order valence-corrected chi connectivity index (χ1v) is 7.86. The number of hydrogen-bond donors (Lipinski definition) is 0. The first kappa shape index (κ1) is 13.6. The van der Waals surface area contributed by atoms with Crippen LogP contribution in [0.5, 0.6) is 0 Å². The molecular formula is C17H17BrO2. The van der Waals surface area contributed by atoms with Crippen molar-refractivity contribution >= 4 is 21.9 Å². The van der Waals surface area contributed by atoms with E-state index < -0.39 is 0 Å².